The molecular formula is C12H10BrClN2O2S. The van der Waals surface area contributed by atoms with E-state index < -0.39 is 10.0 Å². The number of nitrogens with two attached hydrogens (primary N) is 1. The van der Waals surface area contributed by atoms with Gasteiger partial charge < -0.3 is 5.73 Å². The first-order valence-corrected chi connectivity index (χ1v) is 7.88. The summed E-state index contributed by atoms with van der Waals surface area (Å²) in [5, 5.41) is 0.0876. The van der Waals surface area contributed by atoms with E-state index in [1.165, 1.54) is 12.1 Å². The molecule has 0 aromatic heterocycles. The zero-order valence-corrected chi connectivity index (χ0v) is 12.8. The third-order valence-electron chi connectivity index (χ3n) is 2.36. The quantitative estimate of drug-likeness (QED) is 0.822. The highest BCUT2D eigenvalue weighted by Crippen LogP contribution is 2.29. The Morgan fingerprint density at radius 3 is 2.32 bits per heavy atom. The maximum Gasteiger partial charge on any atom is 0.265 e. The number of nitrogens with one attached hydrogen (secondary N) is 1. The van der Waals surface area contributed by atoms with E-state index in [1.807, 2.05) is 0 Å². The molecule has 100 valence electrons. The second kappa shape index (κ2) is 5.40. The van der Waals surface area contributed by atoms with Crippen LogP contribution in [0.5, 0.6) is 0 Å². The van der Waals surface area contributed by atoms with Crippen LogP contribution < -0.4 is 10.5 Å². The first kappa shape index (κ1) is 14.2. The van der Waals surface area contributed by atoms with E-state index in [9.17, 15) is 8.42 Å². The lowest BCUT2D eigenvalue weighted by atomic mass is 10.3. The predicted molar refractivity (Wildman–Crippen MR) is 80.8 cm³/mol. The van der Waals surface area contributed by atoms with Gasteiger partial charge in [0, 0.05) is 10.2 Å². The minimum Gasteiger partial charge on any atom is -0.398 e. The van der Waals surface area contributed by atoms with E-state index in [4.69, 9.17) is 17.3 Å². The van der Waals surface area contributed by atoms with Crippen LogP contribution >= 0.6 is 27.5 Å². The highest BCUT2D eigenvalue weighted by molar-refractivity contribution is 9.10. The molecule has 0 saturated heterocycles. The lowest BCUT2D eigenvalue weighted by Crippen LogP contribution is -2.15. The third-order valence-corrected chi connectivity index (χ3v) is 4.82. The van der Waals surface area contributed by atoms with E-state index in [0.29, 0.717) is 5.69 Å². The summed E-state index contributed by atoms with van der Waals surface area (Å²) in [6.45, 7) is 0. The van der Waals surface area contributed by atoms with E-state index in [-0.39, 0.29) is 15.6 Å². The molecule has 2 aromatic carbocycles. The van der Waals surface area contributed by atoms with Crippen molar-refractivity contribution >= 4 is 48.9 Å². The fourth-order valence-corrected chi connectivity index (χ4v) is 3.54. The summed E-state index contributed by atoms with van der Waals surface area (Å²) >= 11 is 9.17. The van der Waals surface area contributed by atoms with E-state index >= 15 is 0 Å². The second-order valence-electron chi connectivity index (χ2n) is 3.77. The largest absolute Gasteiger partial charge is 0.398 e. The molecule has 0 amide bonds. The highest BCUT2D eigenvalue weighted by Gasteiger charge is 2.21. The Labute approximate surface area is 124 Å². The number of benzene rings is 2. The smallest absolute Gasteiger partial charge is 0.265 e. The predicted octanol–water partition coefficient (Wildman–Crippen LogP) is 3.49. The maximum absolute atomic E-state index is 12.2. The van der Waals surface area contributed by atoms with Crippen LogP contribution in [0.1, 0.15) is 0 Å². The molecule has 0 unspecified atom stereocenters. The van der Waals surface area contributed by atoms with Crippen LogP contribution in [0.25, 0.3) is 0 Å². The lowest BCUT2D eigenvalue weighted by molar-refractivity contribution is 0.601. The molecule has 4 nitrogen and oxygen atoms in total. The van der Waals surface area contributed by atoms with Gasteiger partial charge in [-0.25, -0.2) is 8.42 Å². The number of hydrogen-bond acceptors (Lipinski definition) is 3. The summed E-state index contributed by atoms with van der Waals surface area (Å²) in [4.78, 5) is -0.111. The first-order chi connectivity index (χ1) is 8.90. The van der Waals surface area contributed by atoms with Crippen molar-refractivity contribution in [1.82, 2.24) is 0 Å². The summed E-state index contributed by atoms with van der Waals surface area (Å²) in [6, 6.07) is 11.3. The molecule has 19 heavy (non-hydrogen) atoms. The van der Waals surface area contributed by atoms with Gasteiger partial charge in [-0.05, 0) is 36.4 Å². The van der Waals surface area contributed by atoms with Gasteiger partial charge in [-0.2, -0.15) is 0 Å². The molecule has 2 aromatic rings. The Balaban J connectivity index is 2.41. The summed E-state index contributed by atoms with van der Waals surface area (Å²) in [6.07, 6.45) is 0. The molecule has 0 aliphatic rings. The van der Waals surface area contributed by atoms with Crippen LogP contribution in [0.2, 0.25) is 5.02 Å². The maximum atomic E-state index is 12.2. The SMILES string of the molecule is Nc1cccc(Cl)c1S(=O)(=O)Nc1ccc(Br)cc1. The van der Waals surface area contributed by atoms with Crippen LogP contribution in [0.4, 0.5) is 11.4 Å². The van der Waals surface area contributed by atoms with Crippen molar-refractivity contribution in [2.45, 2.75) is 4.90 Å². The molecule has 0 fully saturated rings. The molecule has 3 N–H and O–H groups in total. The fourth-order valence-electron chi connectivity index (χ4n) is 1.53. The molecule has 0 heterocycles. The van der Waals surface area contributed by atoms with Crippen molar-refractivity contribution in [1.29, 1.82) is 0 Å². The molecule has 0 radical (unpaired) electrons. The van der Waals surface area contributed by atoms with Crippen LogP contribution in [-0.2, 0) is 10.0 Å². The van der Waals surface area contributed by atoms with Gasteiger partial charge in [-0.15, -0.1) is 0 Å². The van der Waals surface area contributed by atoms with Crippen molar-refractivity contribution in [3.05, 3.63) is 52.0 Å². The van der Waals surface area contributed by atoms with Crippen molar-refractivity contribution < 1.29 is 8.42 Å². The van der Waals surface area contributed by atoms with Crippen molar-refractivity contribution in [2.75, 3.05) is 10.5 Å². The molecular weight excluding hydrogens is 352 g/mol. The Morgan fingerprint density at radius 2 is 1.74 bits per heavy atom. The van der Waals surface area contributed by atoms with Gasteiger partial charge in [0.15, 0.2) is 0 Å². The van der Waals surface area contributed by atoms with Crippen LogP contribution in [0, 0.1) is 0 Å². The number of rotatable bonds is 3. The molecule has 0 bridgehead atoms. The lowest BCUT2D eigenvalue weighted by Gasteiger charge is -2.11. The second-order valence-corrected chi connectivity index (χ2v) is 6.71. The van der Waals surface area contributed by atoms with Gasteiger partial charge >= 0.3 is 0 Å². The number of sulfonamides is 1. The topological polar surface area (TPSA) is 72.2 Å². The number of anilines is 2. The zero-order chi connectivity index (χ0) is 14.0. The molecule has 0 atom stereocenters. The van der Waals surface area contributed by atoms with Crippen molar-refractivity contribution in [3.8, 4) is 0 Å². The molecule has 0 spiro atoms. The number of halogens is 2. The minimum atomic E-state index is -3.81. The van der Waals surface area contributed by atoms with E-state index in [1.54, 1.807) is 30.3 Å². The zero-order valence-electron chi connectivity index (χ0n) is 9.60. The van der Waals surface area contributed by atoms with Gasteiger partial charge in [0.2, 0.25) is 0 Å². The fraction of sp³-hybridized carbons (Fsp3) is 0. The normalized spacial score (nSPS) is 11.3. The number of nitrogen functional groups attached to an aromatic ring is 1. The van der Waals surface area contributed by atoms with E-state index in [2.05, 4.69) is 20.7 Å². The van der Waals surface area contributed by atoms with Gasteiger partial charge in [-0.3, -0.25) is 4.72 Å². The third kappa shape index (κ3) is 3.20. The van der Waals surface area contributed by atoms with Crippen LogP contribution in [0.3, 0.4) is 0 Å². The highest BCUT2D eigenvalue weighted by atomic mass is 79.9. The Hall–Kier alpha value is -1.24. The van der Waals surface area contributed by atoms with Gasteiger partial charge in [-0.1, -0.05) is 33.6 Å². The Kier molecular flexibility index (Phi) is 4.03. The molecule has 7 heteroatoms. The monoisotopic (exact) mass is 360 g/mol. The summed E-state index contributed by atoms with van der Waals surface area (Å²) < 4.78 is 27.8. The standard InChI is InChI=1S/C12H10BrClN2O2S/c13-8-4-6-9(7-5-8)16-19(17,18)12-10(14)2-1-3-11(12)15/h1-7,16H,15H2. The Morgan fingerprint density at radius 1 is 1.11 bits per heavy atom. The average Bonchev–Trinajstić information content (AvgIpc) is 2.31. The molecule has 0 aliphatic heterocycles. The van der Waals surface area contributed by atoms with Crippen LogP contribution in [0.15, 0.2) is 51.8 Å². The molecule has 2 rings (SSSR count). The van der Waals surface area contributed by atoms with Crippen molar-refractivity contribution in [3.63, 3.8) is 0 Å². The first-order valence-electron chi connectivity index (χ1n) is 5.22. The van der Waals surface area contributed by atoms with E-state index in [0.717, 1.165) is 4.47 Å². The Bertz CT molecular complexity index is 682. The van der Waals surface area contributed by atoms with Crippen LogP contribution in [-0.4, -0.2) is 8.42 Å². The van der Waals surface area contributed by atoms with Gasteiger partial charge in [0.25, 0.3) is 10.0 Å². The average molecular weight is 362 g/mol. The number of hydrogen-bond donors (Lipinski definition) is 2. The minimum absolute atomic E-state index is 0.0876. The molecule has 0 saturated carbocycles. The molecule has 0 aliphatic carbocycles. The van der Waals surface area contributed by atoms with Crippen molar-refractivity contribution in [2.24, 2.45) is 0 Å². The summed E-state index contributed by atoms with van der Waals surface area (Å²) in [7, 11) is -3.81. The van der Waals surface area contributed by atoms with Gasteiger partial charge in [0.05, 0.1) is 10.7 Å². The summed E-state index contributed by atoms with van der Waals surface area (Å²) in [5.74, 6) is 0. The summed E-state index contributed by atoms with van der Waals surface area (Å²) in [5.41, 5.74) is 6.22. The van der Waals surface area contributed by atoms with Gasteiger partial charge in [0.1, 0.15) is 4.90 Å².